The monoisotopic (exact) mass is 414 g/mol. The fourth-order valence-electron chi connectivity index (χ4n) is 2.15. The molecule has 2 aromatic heterocycles. The van der Waals surface area contributed by atoms with Crippen LogP contribution in [0.4, 0.5) is 0 Å². The Hall–Kier alpha value is -2.60. The molecule has 2 nitrogen and oxygen atoms in total. The molecule has 0 saturated carbocycles. The summed E-state index contributed by atoms with van der Waals surface area (Å²) in [4.78, 5) is 8.44. The van der Waals surface area contributed by atoms with Crippen molar-refractivity contribution in [3.63, 3.8) is 0 Å². The maximum absolute atomic E-state index is 4.22. The number of pyridine rings is 2. The normalized spacial score (nSPS) is 9.28. The molecule has 2 aromatic carbocycles. The Morgan fingerprint density at radius 1 is 0.520 bits per heavy atom. The second kappa shape index (κ2) is 10.3. The summed E-state index contributed by atoms with van der Waals surface area (Å²) in [5.74, 6) is 0. The van der Waals surface area contributed by atoms with Crippen LogP contribution in [-0.2, 0) is 20.4 Å². The van der Waals surface area contributed by atoms with Crippen LogP contribution < -0.4 is 0 Å². The minimum atomic E-state index is 0. The van der Waals surface area contributed by atoms with E-state index in [4.69, 9.17) is 0 Å². The van der Waals surface area contributed by atoms with E-state index in [0.717, 1.165) is 22.5 Å². The Labute approximate surface area is 162 Å². The number of hydrogen-bond donors (Lipinski definition) is 0. The third kappa shape index (κ3) is 5.76. The van der Waals surface area contributed by atoms with Gasteiger partial charge in [-0.2, -0.15) is 0 Å². The van der Waals surface area contributed by atoms with Crippen LogP contribution in [0.25, 0.3) is 22.5 Å². The standard InChI is InChI=1S/2C11H8N.Pd/c2*1-2-6-10(7-3-1)11-8-4-5-9-12-11;/h2*1-6,8-9H;/q2*-1;+2. The summed E-state index contributed by atoms with van der Waals surface area (Å²) in [6.07, 6.45) is 3.58. The molecule has 0 N–H and O–H groups in total. The predicted molar refractivity (Wildman–Crippen MR) is 97.0 cm³/mol. The molecule has 0 saturated heterocycles. The van der Waals surface area contributed by atoms with E-state index in [2.05, 4.69) is 22.1 Å². The molecule has 0 radical (unpaired) electrons. The van der Waals surface area contributed by atoms with Crippen LogP contribution in [0.2, 0.25) is 0 Å². The van der Waals surface area contributed by atoms with Gasteiger partial charge in [0.1, 0.15) is 0 Å². The molecule has 4 rings (SSSR count). The number of hydrogen-bond acceptors (Lipinski definition) is 2. The quantitative estimate of drug-likeness (QED) is 0.337. The zero-order valence-corrected chi connectivity index (χ0v) is 15.0. The fraction of sp³-hybridized carbons (Fsp3) is 0. The van der Waals surface area contributed by atoms with Crippen molar-refractivity contribution < 1.29 is 20.4 Å². The van der Waals surface area contributed by atoms with Crippen molar-refractivity contribution >= 4 is 0 Å². The van der Waals surface area contributed by atoms with Gasteiger partial charge in [0.25, 0.3) is 0 Å². The van der Waals surface area contributed by atoms with Crippen molar-refractivity contribution in [3.05, 3.63) is 109 Å². The van der Waals surface area contributed by atoms with Crippen LogP contribution in [0.3, 0.4) is 0 Å². The Kier molecular flexibility index (Phi) is 7.72. The average Bonchev–Trinajstić information content (AvgIpc) is 2.71. The molecule has 0 fully saturated rings. The van der Waals surface area contributed by atoms with Crippen molar-refractivity contribution in [2.24, 2.45) is 0 Å². The van der Waals surface area contributed by atoms with Gasteiger partial charge in [0.15, 0.2) is 0 Å². The molecule has 3 heteroatoms. The molecule has 0 atom stereocenters. The van der Waals surface area contributed by atoms with E-state index in [1.807, 2.05) is 84.9 Å². The van der Waals surface area contributed by atoms with Gasteiger partial charge in [-0.3, -0.25) is 0 Å². The minimum Gasteiger partial charge on any atom is -0.305 e. The van der Waals surface area contributed by atoms with Crippen LogP contribution in [0.15, 0.2) is 97.3 Å². The maximum atomic E-state index is 4.22. The van der Waals surface area contributed by atoms with Crippen LogP contribution in [0.5, 0.6) is 0 Å². The average molecular weight is 415 g/mol. The van der Waals surface area contributed by atoms with Crippen LogP contribution >= 0.6 is 0 Å². The first kappa shape index (κ1) is 18.7. The number of aromatic nitrogens is 2. The SMILES string of the molecule is [Pd+2].[c-]1ccccc1-c1ccccn1.[c-]1ccccc1-c1ccccn1. The van der Waals surface area contributed by atoms with Crippen LogP contribution in [-0.4, -0.2) is 9.97 Å². The van der Waals surface area contributed by atoms with Gasteiger partial charge >= 0.3 is 20.4 Å². The van der Waals surface area contributed by atoms with E-state index in [-0.39, 0.29) is 20.4 Å². The molecule has 4 aromatic rings. The van der Waals surface area contributed by atoms with Gasteiger partial charge in [-0.1, -0.05) is 24.3 Å². The second-order valence-electron chi connectivity index (χ2n) is 4.98. The van der Waals surface area contributed by atoms with Crippen LogP contribution in [0.1, 0.15) is 0 Å². The summed E-state index contributed by atoms with van der Waals surface area (Å²) in [5.41, 5.74) is 4.02. The number of rotatable bonds is 2. The molecule has 0 aliphatic heterocycles. The molecule has 2 heterocycles. The first-order valence-corrected chi connectivity index (χ1v) is 7.70. The van der Waals surface area contributed by atoms with Gasteiger partial charge in [-0.15, -0.1) is 71.8 Å². The Morgan fingerprint density at radius 2 is 0.960 bits per heavy atom. The first-order valence-electron chi connectivity index (χ1n) is 7.70. The van der Waals surface area contributed by atoms with Gasteiger partial charge < -0.3 is 9.97 Å². The van der Waals surface area contributed by atoms with Gasteiger partial charge in [0.2, 0.25) is 0 Å². The molecular formula is C22H16N2Pd. The summed E-state index contributed by atoms with van der Waals surface area (Å²) >= 11 is 0. The number of nitrogens with zero attached hydrogens (tertiary/aromatic N) is 2. The van der Waals surface area contributed by atoms with Gasteiger partial charge in [0.05, 0.1) is 0 Å². The predicted octanol–water partition coefficient (Wildman–Crippen LogP) is 5.10. The Bertz CT molecular complexity index is 686. The first-order chi connectivity index (χ1) is 11.9. The van der Waals surface area contributed by atoms with Gasteiger partial charge in [0, 0.05) is 12.4 Å². The zero-order chi connectivity index (χ0) is 16.5. The van der Waals surface area contributed by atoms with E-state index in [9.17, 15) is 0 Å². The summed E-state index contributed by atoms with van der Waals surface area (Å²) in [6.45, 7) is 0. The molecule has 0 aliphatic rings. The third-order valence-electron chi connectivity index (χ3n) is 3.30. The molecule has 25 heavy (non-hydrogen) atoms. The minimum absolute atomic E-state index is 0. The molecule has 124 valence electrons. The number of benzene rings is 2. The van der Waals surface area contributed by atoms with E-state index >= 15 is 0 Å². The molecule has 0 spiro atoms. The zero-order valence-electron chi connectivity index (χ0n) is 13.4. The van der Waals surface area contributed by atoms with Gasteiger partial charge in [-0.05, 0) is 23.5 Å². The summed E-state index contributed by atoms with van der Waals surface area (Å²) in [7, 11) is 0. The van der Waals surface area contributed by atoms with Crippen molar-refractivity contribution in [2.45, 2.75) is 0 Å². The largest absolute Gasteiger partial charge is 2.00 e. The third-order valence-corrected chi connectivity index (χ3v) is 3.30. The Morgan fingerprint density at radius 3 is 1.28 bits per heavy atom. The van der Waals surface area contributed by atoms with Crippen molar-refractivity contribution in [3.8, 4) is 22.5 Å². The molecule has 0 unspecified atom stereocenters. The second-order valence-corrected chi connectivity index (χ2v) is 4.98. The van der Waals surface area contributed by atoms with E-state index < -0.39 is 0 Å². The Balaban J connectivity index is 0.000000173. The summed E-state index contributed by atoms with van der Waals surface area (Å²) in [6, 6.07) is 33.6. The van der Waals surface area contributed by atoms with E-state index in [0.29, 0.717) is 0 Å². The summed E-state index contributed by atoms with van der Waals surface area (Å²) in [5, 5.41) is 0. The van der Waals surface area contributed by atoms with Crippen molar-refractivity contribution in [2.75, 3.05) is 0 Å². The molecule has 0 bridgehead atoms. The summed E-state index contributed by atoms with van der Waals surface area (Å²) < 4.78 is 0. The molecule has 0 amide bonds. The van der Waals surface area contributed by atoms with E-state index in [1.165, 1.54) is 0 Å². The van der Waals surface area contributed by atoms with Crippen LogP contribution in [0, 0.1) is 12.1 Å². The fourth-order valence-corrected chi connectivity index (χ4v) is 2.15. The molecular weight excluding hydrogens is 399 g/mol. The van der Waals surface area contributed by atoms with Crippen molar-refractivity contribution in [1.82, 2.24) is 9.97 Å². The van der Waals surface area contributed by atoms with E-state index in [1.54, 1.807) is 12.4 Å². The smallest absolute Gasteiger partial charge is 0.305 e. The molecule has 0 aliphatic carbocycles. The van der Waals surface area contributed by atoms with Crippen molar-refractivity contribution in [1.29, 1.82) is 0 Å². The van der Waals surface area contributed by atoms with Gasteiger partial charge in [-0.25, -0.2) is 0 Å². The maximum Gasteiger partial charge on any atom is 2.00 e. The topological polar surface area (TPSA) is 25.8 Å².